The van der Waals surface area contributed by atoms with E-state index in [-0.39, 0.29) is 11.0 Å². The van der Waals surface area contributed by atoms with Crippen molar-refractivity contribution in [3.8, 4) is 5.75 Å². The molecule has 2 rings (SSSR count). The van der Waals surface area contributed by atoms with Crippen molar-refractivity contribution in [2.24, 2.45) is 0 Å². The molecule has 7 heteroatoms. The monoisotopic (exact) mass is 358 g/mol. The molecule has 0 bridgehead atoms. The second-order valence-electron chi connectivity index (χ2n) is 4.93. The molecule has 2 aromatic carbocycles. The molecule has 0 aliphatic carbocycles. The minimum Gasteiger partial charge on any atom is -0.494 e. The number of nitrogens with one attached hydrogen (secondary N) is 2. The predicted octanol–water partition coefficient (Wildman–Crippen LogP) is 3.00. The Morgan fingerprint density at radius 3 is 2.16 bits per heavy atom. The highest BCUT2D eigenvalue weighted by Gasteiger charge is 2.10. The number of amides is 1. The molecule has 25 heavy (non-hydrogen) atoms. The number of carbonyl (C=O) groups excluding carboxylic acids is 2. The molecule has 0 atom stereocenters. The van der Waals surface area contributed by atoms with Gasteiger partial charge in [0.2, 0.25) is 0 Å². The minimum atomic E-state index is -0.459. The first kappa shape index (κ1) is 18.4. The quantitative estimate of drug-likeness (QED) is 0.632. The molecule has 0 spiro atoms. The third-order valence-corrected chi connectivity index (χ3v) is 3.42. The lowest BCUT2D eigenvalue weighted by atomic mass is 10.1. The lowest BCUT2D eigenvalue weighted by Gasteiger charge is -2.10. The molecular weight excluding hydrogens is 340 g/mol. The molecule has 0 saturated carbocycles. The van der Waals surface area contributed by atoms with E-state index < -0.39 is 5.97 Å². The lowest BCUT2D eigenvalue weighted by molar-refractivity contribution is 0.0600. The Morgan fingerprint density at radius 1 is 1.00 bits per heavy atom. The van der Waals surface area contributed by atoms with Crippen LogP contribution in [0, 0.1) is 0 Å². The van der Waals surface area contributed by atoms with Gasteiger partial charge in [-0.15, -0.1) is 0 Å². The fourth-order valence-corrected chi connectivity index (χ4v) is 2.22. The summed E-state index contributed by atoms with van der Waals surface area (Å²) in [5, 5.41) is 5.67. The van der Waals surface area contributed by atoms with Crippen molar-refractivity contribution in [2.45, 2.75) is 6.92 Å². The first-order valence-corrected chi connectivity index (χ1v) is 7.98. The molecule has 0 saturated heterocycles. The summed E-state index contributed by atoms with van der Waals surface area (Å²) in [5.41, 5.74) is 1.48. The number of rotatable bonds is 5. The second-order valence-corrected chi connectivity index (χ2v) is 5.34. The molecule has 130 valence electrons. The molecule has 6 nitrogen and oxygen atoms in total. The maximum Gasteiger partial charge on any atom is 0.337 e. The van der Waals surface area contributed by atoms with E-state index in [1.54, 1.807) is 12.1 Å². The first-order valence-electron chi connectivity index (χ1n) is 7.57. The van der Waals surface area contributed by atoms with E-state index in [1.165, 1.54) is 31.4 Å². The van der Waals surface area contributed by atoms with Crippen LogP contribution in [0.1, 0.15) is 27.6 Å². The number of anilines is 1. The first-order chi connectivity index (χ1) is 12.0. The molecular formula is C18H18N2O4S. The van der Waals surface area contributed by atoms with Gasteiger partial charge in [0.15, 0.2) is 5.11 Å². The molecule has 2 aromatic rings. The van der Waals surface area contributed by atoms with Crippen molar-refractivity contribution in [3.05, 3.63) is 59.7 Å². The van der Waals surface area contributed by atoms with E-state index in [0.29, 0.717) is 17.7 Å². The molecule has 0 heterocycles. The van der Waals surface area contributed by atoms with Crippen LogP contribution in [-0.2, 0) is 4.74 Å². The number of benzene rings is 2. The van der Waals surface area contributed by atoms with E-state index in [2.05, 4.69) is 15.4 Å². The number of esters is 1. The van der Waals surface area contributed by atoms with Gasteiger partial charge in [0, 0.05) is 11.3 Å². The van der Waals surface area contributed by atoms with Crippen molar-refractivity contribution < 1.29 is 19.1 Å². The van der Waals surface area contributed by atoms with Crippen molar-refractivity contribution in [3.63, 3.8) is 0 Å². The fourth-order valence-electron chi connectivity index (χ4n) is 2.01. The van der Waals surface area contributed by atoms with Crippen molar-refractivity contribution in [2.75, 3.05) is 19.0 Å². The van der Waals surface area contributed by atoms with Crippen LogP contribution >= 0.6 is 12.2 Å². The van der Waals surface area contributed by atoms with Gasteiger partial charge < -0.3 is 14.8 Å². The van der Waals surface area contributed by atoms with Gasteiger partial charge in [0.05, 0.1) is 19.3 Å². The van der Waals surface area contributed by atoms with Crippen LogP contribution in [0.2, 0.25) is 0 Å². The van der Waals surface area contributed by atoms with Gasteiger partial charge in [-0.25, -0.2) is 4.79 Å². The van der Waals surface area contributed by atoms with E-state index in [9.17, 15) is 9.59 Å². The summed E-state index contributed by atoms with van der Waals surface area (Å²) in [6, 6.07) is 13.3. The van der Waals surface area contributed by atoms with E-state index in [0.717, 1.165) is 11.4 Å². The second kappa shape index (κ2) is 8.79. The number of carbonyl (C=O) groups is 2. The standard InChI is InChI=1S/C18H18N2O4S/c1-3-24-15-10-8-14(9-11-15)19-18(25)20-16(21)12-4-6-13(7-5-12)17(22)23-2/h4-11H,3H2,1-2H3,(H2,19,20,21,25). The van der Waals surface area contributed by atoms with Crippen LogP contribution in [0.15, 0.2) is 48.5 Å². The molecule has 0 radical (unpaired) electrons. The maximum atomic E-state index is 12.2. The minimum absolute atomic E-state index is 0.172. The summed E-state index contributed by atoms with van der Waals surface area (Å²) in [6.07, 6.45) is 0. The Hall–Kier alpha value is -2.93. The average molecular weight is 358 g/mol. The highest BCUT2D eigenvalue weighted by atomic mass is 32.1. The highest BCUT2D eigenvalue weighted by Crippen LogP contribution is 2.15. The normalized spacial score (nSPS) is 9.84. The third kappa shape index (κ3) is 5.29. The number of thiocarbonyl (C=S) groups is 1. The summed E-state index contributed by atoms with van der Waals surface area (Å²) >= 11 is 5.13. The summed E-state index contributed by atoms with van der Waals surface area (Å²) in [6.45, 7) is 2.50. The summed E-state index contributed by atoms with van der Waals surface area (Å²) in [5.74, 6) is -0.0757. The van der Waals surface area contributed by atoms with Crippen LogP contribution in [0.25, 0.3) is 0 Å². The van der Waals surface area contributed by atoms with Crippen molar-refractivity contribution >= 4 is 34.9 Å². The van der Waals surface area contributed by atoms with Crippen molar-refractivity contribution in [1.29, 1.82) is 0 Å². The zero-order valence-electron chi connectivity index (χ0n) is 13.9. The number of hydrogen-bond acceptors (Lipinski definition) is 5. The predicted molar refractivity (Wildman–Crippen MR) is 99.1 cm³/mol. The smallest absolute Gasteiger partial charge is 0.337 e. The van der Waals surface area contributed by atoms with Gasteiger partial charge >= 0.3 is 5.97 Å². The number of methoxy groups -OCH3 is 1. The highest BCUT2D eigenvalue weighted by molar-refractivity contribution is 7.80. The van der Waals surface area contributed by atoms with Crippen molar-refractivity contribution in [1.82, 2.24) is 5.32 Å². The Morgan fingerprint density at radius 2 is 1.60 bits per heavy atom. The summed E-state index contributed by atoms with van der Waals surface area (Å²) < 4.78 is 9.97. The lowest BCUT2D eigenvalue weighted by Crippen LogP contribution is -2.34. The van der Waals surface area contributed by atoms with Gasteiger partial charge in [0.25, 0.3) is 5.91 Å². The number of hydrogen-bond donors (Lipinski definition) is 2. The van der Waals surface area contributed by atoms with Gasteiger partial charge in [-0.1, -0.05) is 0 Å². The van der Waals surface area contributed by atoms with Crippen LogP contribution in [0.3, 0.4) is 0 Å². The maximum absolute atomic E-state index is 12.2. The molecule has 0 aromatic heterocycles. The van der Waals surface area contributed by atoms with Gasteiger partial charge in [0.1, 0.15) is 5.75 Å². The molecule has 1 amide bonds. The molecule has 0 aliphatic rings. The van der Waals surface area contributed by atoms with Gasteiger partial charge in [-0.05, 0) is 67.7 Å². The Bertz CT molecular complexity index is 758. The third-order valence-electron chi connectivity index (χ3n) is 3.22. The topological polar surface area (TPSA) is 76.7 Å². The van der Waals surface area contributed by atoms with Crippen LogP contribution in [0.4, 0.5) is 5.69 Å². The van der Waals surface area contributed by atoms with Gasteiger partial charge in [-0.2, -0.15) is 0 Å². The van der Waals surface area contributed by atoms with E-state index in [4.69, 9.17) is 17.0 Å². The Labute approximate surface area is 151 Å². The largest absolute Gasteiger partial charge is 0.494 e. The van der Waals surface area contributed by atoms with Crippen LogP contribution < -0.4 is 15.4 Å². The molecule has 2 N–H and O–H groups in total. The zero-order valence-corrected chi connectivity index (χ0v) is 14.7. The summed E-state index contributed by atoms with van der Waals surface area (Å²) in [4.78, 5) is 23.5. The Kier molecular flexibility index (Phi) is 6.47. The number of ether oxygens (including phenoxy) is 2. The van der Waals surface area contributed by atoms with E-state index >= 15 is 0 Å². The average Bonchev–Trinajstić information content (AvgIpc) is 2.63. The fraction of sp³-hybridized carbons (Fsp3) is 0.167. The van der Waals surface area contributed by atoms with Gasteiger partial charge in [-0.3, -0.25) is 10.1 Å². The van der Waals surface area contributed by atoms with Crippen LogP contribution in [0.5, 0.6) is 5.75 Å². The zero-order chi connectivity index (χ0) is 18.2. The SMILES string of the molecule is CCOc1ccc(NC(=S)NC(=O)c2ccc(C(=O)OC)cc2)cc1. The molecule has 0 aliphatic heterocycles. The molecule has 0 unspecified atom stereocenters. The Balaban J connectivity index is 1.93. The molecule has 0 fully saturated rings. The summed E-state index contributed by atoms with van der Waals surface area (Å²) in [7, 11) is 1.30. The van der Waals surface area contributed by atoms with E-state index in [1.807, 2.05) is 19.1 Å². The van der Waals surface area contributed by atoms with Crippen LogP contribution in [-0.4, -0.2) is 30.7 Å².